The second-order valence-electron chi connectivity index (χ2n) is 6.75. The van der Waals surface area contributed by atoms with Crippen LogP contribution in [0.15, 0.2) is 27.9 Å². The molecular weight excluding hydrogens is 549 g/mol. The highest BCUT2D eigenvalue weighted by Gasteiger charge is 2.34. The fourth-order valence-corrected chi connectivity index (χ4v) is 5.60. The maximum atomic E-state index is 11.4. The first kappa shape index (κ1) is 26.4. The zero-order valence-electron chi connectivity index (χ0n) is 16.5. The summed E-state index contributed by atoms with van der Waals surface area (Å²) in [5.74, 6) is -1.04. The summed E-state index contributed by atoms with van der Waals surface area (Å²) in [6.07, 6.45) is -0.359. The van der Waals surface area contributed by atoms with Gasteiger partial charge in [-0.15, -0.1) is 28.3 Å². The predicted octanol–water partition coefficient (Wildman–Crippen LogP) is 4.11. The van der Waals surface area contributed by atoms with Crippen LogP contribution in [-0.2, 0) is 27.3 Å². The van der Waals surface area contributed by atoms with E-state index in [1.807, 2.05) is 12.1 Å². The molecule has 0 aliphatic carbocycles. The van der Waals surface area contributed by atoms with Gasteiger partial charge in [0, 0.05) is 31.9 Å². The van der Waals surface area contributed by atoms with Gasteiger partial charge in [-0.25, -0.2) is 4.98 Å². The van der Waals surface area contributed by atoms with Crippen LogP contribution in [0.1, 0.15) is 18.2 Å². The highest BCUT2D eigenvalue weighted by molar-refractivity contribution is 8.93. The van der Waals surface area contributed by atoms with Crippen LogP contribution in [0.3, 0.4) is 0 Å². The fraction of sp³-hybridized carbons (Fsp3) is 0.421. The van der Waals surface area contributed by atoms with Crippen LogP contribution in [0.4, 0.5) is 0 Å². The first-order chi connectivity index (χ1) is 14.3. The second kappa shape index (κ2) is 12.4. The molecule has 31 heavy (non-hydrogen) atoms. The second-order valence-corrected chi connectivity index (χ2v) is 9.79. The van der Waals surface area contributed by atoms with E-state index in [0.29, 0.717) is 42.0 Å². The van der Waals surface area contributed by atoms with Crippen molar-refractivity contribution in [3.05, 3.63) is 44.9 Å². The number of nitrogens with zero attached hydrogens (tertiary/aromatic N) is 2. The highest BCUT2D eigenvalue weighted by atomic mass is 79.9. The van der Waals surface area contributed by atoms with Gasteiger partial charge in [-0.2, -0.15) is 0 Å². The number of carbonyl (C=O) groups is 2. The van der Waals surface area contributed by atoms with Gasteiger partial charge >= 0.3 is 5.97 Å². The number of aliphatic carboxylic acids is 1. The number of amides is 1. The topological polar surface area (TPSA) is 91.8 Å². The molecule has 1 amide bonds. The van der Waals surface area contributed by atoms with E-state index in [-0.39, 0.29) is 40.8 Å². The summed E-state index contributed by atoms with van der Waals surface area (Å²) in [6, 6.07) is 5.55. The Hall–Kier alpha value is -0.880. The normalized spacial score (nSPS) is 18.9. The molecule has 3 rings (SSSR count). The van der Waals surface area contributed by atoms with Gasteiger partial charge < -0.3 is 15.2 Å². The number of rotatable bonds is 8. The number of carboxylic acid groups (broad SMARTS) is 1. The van der Waals surface area contributed by atoms with Crippen molar-refractivity contribution in [2.75, 3.05) is 19.7 Å². The minimum Gasteiger partial charge on any atom is -0.481 e. The van der Waals surface area contributed by atoms with Crippen molar-refractivity contribution in [3.8, 4) is 0 Å². The zero-order valence-corrected chi connectivity index (χ0v) is 21.4. The molecule has 1 aliphatic rings. The summed E-state index contributed by atoms with van der Waals surface area (Å²) in [6.45, 7) is 3.70. The van der Waals surface area contributed by atoms with E-state index < -0.39 is 5.97 Å². The molecule has 2 aromatic rings. The number of hydrogen-bond acceptors (Lipinski definition) is 7. The molecule has 1 saturated heterocycles. The number of halogens is 3. The number of nitrogens with one attached hydrogen (secondary N) is 1. The van der Waals surface area contributed by atoms with E-state index in [4.69, 9.17) is 33.0 Å². The molecule has 0 radical (unpaired) electrons. The fourth-order valence-electron chi connectivity index (χ4n) is 3.04. The van der Waals surface area contributed by atoms with Crippen LogP contribution >= 0.6 is 63.3 Å². The molecule has 1 aliphatic heterocycles. The predicted molar refractivity (Wildman–Crippen MR) is 129 cm³/mol. The molecule has 2 heterocycles. The van der Waals surface area contributed by atoms with Gasteiger partial charge in [0.15, 0.2) is 4.34 Å². The minimum absolute atomic E-state index is 0. The Morgan fingerprint density at radius 3 is 2.84 bits per heavy atom. The lowest BCUT2D eigenvalue weighted by Gasteiger charge is -2.40. The van der Waals surface area contributed by atoms with Crippen molar-refractivity contribution >= 4 is 75.2 Å². The van der Waals surface area contributed by atoms with E-state index in [9.17, 15) is 9.59 Å². The van der Waals surface area contributed by atoms with Gasteiger partial charge in [-0.1, -0.05) is 41.0 Å². The molecule has 1 aromatic heterocycles. The number of ether oxygens (including phenoxy) is 1. The third-order valence-electron chi connectivity index (χ3n) is 4.39. The van der Waals surface area contributed by atoms with Crippen molar-refractivity contribution in [2.45, 2.75) is 35.7 Å². The van der Waals surface area contributed by atoms with Gasteiger partial charge in [0.2, 0.25) is 5.91 Å². The largest absolute Gasteiger partial charge is 0.481 e. The smallest absolute Gasteiger partial charge is 0.309 e. The van der Waals surface area contributed by atoms with Gasteiger partial charge in [-0.3, -0.25) is 14.5 Å². The van der Waals surface area contributed by atoms with Crippen LogP contribution in [0.25, 0.3) is 0 Å². The average molecular weight is 571 g/mol. The number of hydrogen-bond donors (Lipinski definition) is 2. The van der Waals surface area contributed by atoms with Crippen LogP contribution in [0.2, 0.25) is 10.0 Å². The zero-order chi connectivity index (χ0) is 21.7. The first-order valence-corrected chi connectivity index (χ1v) is 11.7. The van der Waals surface area contributed by atoms with Crippen molar-refractivity contribution in [1.82, 2.24) is 15.2 Å². The quantitative estimate of drug-likeness (QED) is 0.493. The summed E-state index contributed by atoms with van der Waals surface area (Å²) < 4.78 is 6.71. The lowest BCUT2D eigenvalue weighted by molar-refractivity contribution is -0.136. The molecule has 2 N–H and O–H groups in total. The summed E-state index contributed by atoms with van der Waals surface area (Å²) in [5, 5.41) is 14.4. The molecule has 170 valence electrons. The maximum Gasteiger partial charge on any atom is 0.309 e. The lowest BCUT2D eigenvalue weighted by Crippen LogP contribution is -2.52. The van der Waals surface area contributed by atoms with E-state index in [0.717, 1.165) is 9.90 Å². The summed E-state index contributed by atoms with van der Waals surface area (Å²) >= 11 is 15.1. The van der Waals surface area contributed by atoms with Crippen molar-refractivity contribution in [2.24, 2.45) is 0 Å². The molecular formula is C19H22BrCl2N3O4S2. The summed E-state index contributed by atoms with van der Waals surface area (Å²) in [4.78, 5) is 29.0. The summed E-state index contributed by atoms with van der Waals surface area (Å²) in [5.41, 5.74) is 1.54. The monoisotopic (exact) mass is 569 g/mol. The van der Waals surface area contributed by atoms with Gasteiger partial charge in [0.05, 0.1) is 34.1 Å². The van der Waals surface area contributed by atoms with Gasteiger partial charge in [0.1, 0.15) is 6.10 Å². The van der Waals surface area contributed by atoms with Crippen LogP contribution in [0, 0.1) is 0 Å². The number of carboxylic acids is 1. The Morgan fingerprint density at radius 1 is 1.39 bits per heavy atom. The van der Waals surface area contributed by atoms with E-state index >= 15 is 0 Å². The lowest BCUT2D eigenvalue weighted by atomic mass is 10.2. The molecule has 1 aromatic carbocycles. The first-order valence-electron chi connectivity index (χ1n) is 9.18. The Morgan fingerprint density at radius 2 is 2.16 bits per heavy atom. The van der Waals surface area contributed by atoms with Gasteiger partial charge in [0.25, 0.3) is 0 Å². The van der Waals surface area contributed by atoms with Crippen molar-refractivity contribution in [3.63, 3.8) is 0 Å². The molecule has 12 heteroatoms. The molecule has 0 spiro atoms. The van der Waals surface area contributed by atoms with Crippen LogP contribution in [0.5, 0.6) is 0 Å². The van der Waals surface area contributed by atoms with E-state index in [2.05, 4.69) is 15.2 Å². The standard InChI is InChI=1S/C19H21Cl2N3O4S2.BrH/c1-11(25)22-8-16-18(30-19-23-13(10-29-19)7-17(26)27)24(4-5-28-16)9-12-2-3-14(20)15(21)6-12;/h2-3,6,10,16,18H,4-5,7-9H2,1H3,(H,22,25)(H,26,27);1H/t16-,18?;/m0./s1. The van der Waals surface area contributed by atoms with E-state index in [1.54, 1.807) is 11.4 Å². The Labute approximate surface area is 209 Å². The number of carbonyl (C=O) groups excluding carboxylic acids is 1. The molecule has 0 saturated carbocycles. The number of thiazole rings is 1. The highest BCUT2D eigenvalue weighted by Crippen LogP contribution is 2.34. The maximum absolute atomic E-state index is 11.4. The van der Waals surface area contributed by atoms with Gasteiger partial charge in [-0.05, 0) is 17.7 Å². The molecule has 0 bridgehead atoms. The minimum atomic E-state index is -0.914. The van der Waals surface area contributed by atoms with Crippen molar-refractivity contribution in [1.29, 1.82) is 0 Å². The average Bonchev–Trinajstić information content (AvgIpc) is 3.11. The van der Waals surface area contributed by atoms with Crippen LogP contribution in [-0.4, -0.2) is 58.0 Å². The number of morpholine rings is 1. The molecule has 7 nitrogen and oxygen atoms in total. The third kappa shape index (κ3) is 7.88. The Bertz CT molecular complexity index is 918. The van der Waals surface area contributed by atoms with Crippen molar-refractivity contribution < 1.29 is 19.4 Å². The molecule has 2 atom stereocenters. The Kier molecular flexibility index (Phi) is 10.5. The number of thioether (sulfide) groups is 1. The van der Waals surface area contributed by atoms with Crippen LogP contribution < -0.4 is 5.32 Å². The SMILES string of the molecule is Br.CC(=O)NC[C@@H]1OCCN(Cc2ccc(Cl)c(Cl)c2)C1Sc1nc(CC(=O)O)cs1. The molecule has 1 fully saturated rings. The number of benzene rings is 1. The van der Waals surface area contributed by atoms with E-state index in [1.165, 1.54) is 30.0 Å². The number of aromatic nitrogens is 1. The third-order valence-corrected chi connectivity index (χ3v) is 7.53. The Balaban J connectivity index is 0.00000341. The molecule has 1 unspecified atom stereocenters. The summed E-state index contributed by atoms with van der Waals surface area (Å²) in [7, 11) is 0.